The third kappa shape index (κ3) is 7.99. The lowest BCUT2D eigenvalue weighted by molar-refractivity contribution is -0.157. The quantitative estimate of drug-likeness (QED) is 0.447. The molecule has 0 unspecified atom stereocenters. The van der Waals surface area contributed by atoms with E-state index in [9.17, 15) is 9.59 Å². The average Bonchev–Trinajstić information content (AvgIpc) is 2.91. The topological polar surface area (TPSA) is 71.1 Å². The molecule has 0 radical (unpaired) electrons. The van der Waals surface area contributed by atoms with E-state index in [1.165, 1.54) is 18.1 Å². The lowest BCUT2D eigenvalue weighted by Crippen LogP contribution is -2.57. The van der Waals surface area contributed by atoms with Crippen LogP contribution in [-0.4, -0.2) is 72.6 Å². The number of halogens is 1. The van der Waals surface area contributed by atoms with Gasteiger partial charge in [-0.15, -0.1) is 0 Å². The second kappa shape index (κ2) is 13.4. The Labute approximate surface area is 244 Å². The monoisotopic (exact) mass is 569 g/mol. The van der Waals surface area contributed by atoms with Crippen molar-refractivity contribution in [3.05, 3.63) is 63.7 Å². The Morgan fingerprint density at radius 3 is 2.35 bits per heavy atom. The van der Waals surface area contributed by atoms with E-state index >= 15 is 0 Å². The molecule has 2 saturated heterocycles. The maximum absolute atomic E-state index is 13.6. The van der Waals surface area contributed by atoms with Gasteiger partial charge in [-0.05, 0) is 67.0 Å². The van der Waals surface area contributed by atoms with E-state index in [4.69, 9.17) is 21.1 Å². The van der Waals surface area contributed by atoms with Crippen molar-refractivity contribution < 1.29 is 19.1 Å². The molecule has 2 heterocycles. The highest BCUT2D eigenvalue weighted by Crippen LogP contribution is 2.30. The Hall–Kier alpha value is -2.61. The number of aryl methyl sites for hydroxylation is 2. The van der Waals surface area contributed by atoms with Crippen LogP contribution in [0.4, 0.5) is 0 Å². The second-order valence-corrected chi connectivity index (χ2v) is 12.2. The van der Waals surface area contributed by atoms with Crippen molar-refractivity contribution in [3.63, 3.8) is 0 Å². The molecule has 8 heteroatoms. The predicted molar refractivity (Wildman–Crippen MR) is 159 cm³/mol. The van der Waals surface area contributed by atoms with Crippen LogP contribution in [0, 0.1) is 13.8 Å². The van der Waals surface area contributed by atoms with Crippen molar-refractivity contribution in [3.8, 4) is 5.75 Å². The molecule has 0 bridgehead atoms. The fourth-order valence-corrected chi connectivity index (χ4v) is 5.83. The summed E-state index contributed by atoms with van der Waals surface area (Å²) in [7, 11) is 0. The van der Waals surface area contributed by atoms with Crippen molar-refractivity contribution in [2.75, 3.05) is 39.4 Å². The number of hydrogen-bond acceptors (Lipinski definition) is 5. The molecule has 0 spiro atoms. The number of piperidine rings is 1. The number of benzene rings is 2. The number of amides is 2. The molecule has 4 rings (SSSR count). The van der Waals surface area contributed by atoms with Crippen LogP contribution in [0.25, 0.3) is 0 Å². The number of carbonyl (C=O) groups is 2. The lowest BCUT2D eigenvalue weighted by atomic mass is 9.95. The van der Waals surface area contributed by atoms with E-state index in [2.05, 4.69) is 48.3 Å². The van der Waals surface area contributed by atoms with Gasteiger partial charge < -0.3 is 19.7 Å². The third-order valence-corrected chi connectivity index (χ3v) is 8.62. The van der Waals surface area contributed by atoms with Crippen molar-refractivity contribution in [2.45, 2.75) is 78.0 Å². The summed E-state index contributed by atoms with van der Waals surface area (Å²) in [5.41, 5.74) is 3.72. The summed E-state index contributed by atoms with van der Waals surface area (Å²) in [5, 5.41) is 3.72. The maximum Gasteiger partial charge on any atom is 0.225 e. The second-order valence-electron chi connectivity index (χ2n) is 11.8. The van der Waals surface area contributed by atoms with Crippen LogP contribution in [0.1, 0.15) is 68.2 Å². The van der Waals surface area contributed by atoms with Gasteiger partial charge in [0.2, 0.25) is 11.8 Å². The molecule has 0 aliphatic carbocycles. The van der Waals surface area contributed by atoms with Crippen molar-refractivity contribution in [1.82, 2.24) is 15.1 Å². The van der Waals surface area contributed by atoms with Gasteiger partial charge in [0, 0.05) is 50.7 Å². The van der Waals surface area contributed by atoms with Gasteiger partial charge >= 0.3 is 0 Å². The summed E-state index contributed by atoms with van der Waals surface area (Å²) in [6.07, 6.45) is 1.77. The van der Waals surface area contributed by atoms with Crippen LogP contribution in [0.2, 0.25) is 5.02 Å². The number of likely N-dealkylation sites (tertiary alicyclic amines) is 1. The minimum atomic E-state index is -0.775. The summed E-state index contributed by atoms with van der Waals surface area (Å²) in [6.45, 7) is 14.1. The fourth-order valence-electron chi connectivity index (χ4n) is 5.72. The Bertz CT molecular complexity index is 1150. The van der Waals surface area contributed by atoms with E-state index in [1.807, 2.05) is 30.9 Å². The van der Waals surface area contributed by atoms with Crippen molar-refractivity contribution >= 4 is 23.4 Å². The number of ether oxygens (including phenoxy) is 2. The Balaban J connectivity index is 1.48. The van der Waals surface area contributed by atoms with Crippen LogP contribution in [-0.2, 0) is 20.9 Å². The molecule has 2 aliphatic rings. The van der Waals surface area contributed by atoms with Gasteiger partial charge in [0.25, 0.3) is 0 Å². The SMILES string of the molecule is CC(=O)NC1CCN(C(=O)C[C@@]2(COc3cc(C)c(Cl)c(C)c3)CN(Cc3ccc(C(C)C)cc3)CCO2)CC1. The van der Waals surface area contributed by atoms with Gasteiger partial charge in [-0.2, -0.15) is 0 Å². The highest BCUT2D eigenvalue weighted by atomic mass is 35.5. The van der Waals surface area contributed by atoms with Crippen LogP contribution in [0.5, 0.6) is 5.75 Å². The van der Waals surface area contributed by atoms with Crippen LogP contribution in [0.3, 0.4) is 0 Å². The largest absolute Gasteiger partial charge is 0.490 e. The average molecular weight is 570 g/mol. The number of carbonyl (C=O) groups excluding carboxylic acids is 2. The van der Waals surface area contributed by atoms with Crippen molar-refractivity contribution in [2.24, 2.45) is 0 Å². The molecule has 2 aromatic carbocycles. The molecule has 2 fully saturated rings. The number of nitrogens with zero attached hydrogens (tertiary/aromatic N) is 2. The van der Waals surface area contributed by atoms with Crippen LogP contribution >= 0.6 is 11.6 Å². The predicted octanol–water partition coefficient (Wildman–Crippen LogP) is 5.25. The molecular weight excluding hydrogens is 526 g/mol. The summed E-state index contributed by atoms with van der Waals surface area (Å²) in [6, 6.07) is 12.8. The molecule has 0 aromatic heterocycles. The van der Waals surface area contributed by atoms with Crippen LogP contribution in [0.15, 0.2) is 36.4 Å². The Morgan fingerprint density at radius 2 is 1.75 bits per heavy atom. The van der Waals surface area contributed by atoms with Gasteiger partial charge in [-0.25, -0.2) is 0 Å². The molecular formula is C32H44ClN3O4. The Kier molecular flexibility index (Phi) is 10.1. The normalized spacial score (nSPS) is 20.5. The summed E-state index contributed by atoms with van der Waals surface area (Å²) >= 11 is 6.38. The van der Waals surface area contributed by atoms with E-state index < -0.39 is 5.60 Å². The van der Waals surface area contributed by atoms with Gasteiger partial charge in [-0.1, -0.05) is 49.7 Å². The molecule has 218 valence electrons. The number of hydrogen-bond donors (Lipinski definition) is 1. The zero-order valence-corrected chi connectivity index (χ0v) is 25.4. The molecule has 40 heavy (non-hydrogen) atoms. The first-order valence-electron chi connectivity index (χ1n) is 14.4. The van der Waals surface area contributed by atoms with Crippen LogP contribution < -0.4 is 10.1 Å². The standard InChI is InChI=1S/C32H44ClN3O4/c1-22(2)27-8-6-26(7-9-27)19-35-14-15-40-32(20-35,21-39-29-16-23(3)31(33)24(4)17-29)18-30(38)36-12-10-28(11-13-36)34-25(5)37/h6-9,16-17,22,28H,10-15,18-21H2,1-5H3,(H,34,37)/t32-/m0/s1. The highest BCUT2D eigenvalue weighted by molar-refractivity contribution is 6.32. The maximum atomic E-state index is 13.6. The first-order chi connectivity index (χ1) is 19.0. The van der Waals surface area contributed by atoms with E-state index in [-0.39, 0.29) is 30.9 Å². The Morgan fingerprint density at radius 1 is 1.10 bits per heavy atom. The van der Waals surface area contributed by atoms with Crippen molar-refractivity contribution in [1.29, 1.82) is 0 Å². The molecule has 1 N–H and O–H groups in total. The highest BCUT2D eigenvalue weighted by Gasteiger charge is 2.41. The van der Waals surface area contributed by atoms with E-state index in [1.54, 1.807) is 0 Å². The smallest absolute Gasteiger partial charge is 0.225 e. The molecule has 7 nitrogen and oxygen atoms in total. The molecule has 2 amide bonds. The third-order valence-electron chi connectivity index (χ3n) is 8.02. The molecule has 2 aromatic rings. The number of nitrogens with one attached hydrogen (secondary N) is 1. The molecule has 1 atom stereocenters. The molecule has 2 aliphatic heterocycles. The minimum absolute atomic E-state index is 0.0249. The number of morpholine rings is 1. The van der Waals surface area contributed by atoms with Gasteiger partial charge in [0.05, 0.1) is 13.0 Å². The fraction of sp³-hybridized carbons (Fsp3) is 0.562. The minimum Gasteiger partial charge on any atom is -0.490 e. The van der Waals surface area contributed by atoms with E-state index in [0.29, 0.717) is 32.2 Å². The summed E-state index contributed by atoms with van der Waals surface area (Å²) in [5.74, 6) is 1.27. The zero-order valence-electron chi connectivity index (χ0n) is 24.6. The first-order valence-corrected chi connectivity index (χ1v) is 14.8. The lowest BCUT2D eigenvalue weighted by Gasteiger charge is -2.43. The zero-order chi connectivity index (χ0) is 28.9. The first kappa shape index (κ1) is 30.4. The van der Waals surface area contributed by atoms with Gasteiger partial charge in [0.1, 0.15) is 18.0 Å². The van der Waals surface area contributed by atoms with Gasteiger partial charge in [0.15, 0.2) is 0 Å². The summed E-state index contributed by atoms with van der Waals surface area (Å²) < 4.78 is 12.8. The van der Waals surface area contributed by atoms with E-state index in [0.717, 1.165) is 47.8 Å². The summed E-state index contributed by atoms with van der Waals surface area (Å²) in [4.78, 5) is 29.3. The molecule has 0 saturated carbocycles. The van der Waals surface area contributed by atoms with Gasteiger partial charge in [-0.3, -0.25) is 14.5 Å². The number of rotatable bonds is 9.